The second-order valence-electron chi connectivity index (χ2n) is 5.90. The molecule has 1 aliphatic carbocycles. The van der Waals surface area contributed by atoms with E-state index in [0.29, 0.717) is 13.1 Å². The Hall–Kier alpha value is -0.130. The first-order valence-electron chi connectivity index (χ1n) is 7.27. The Balaban J connectivity index is 1.91. The number of piperidine rings is 1. The van der Waals surface area contributed by atoms with Crippen LogP contribution in [-0.2, 0) is 10.0 Å². The molecule has 2 N–H and O–H groups in total. The van der Waals surface area contributed by atoms with Gasteiger partial charge in [0, 0.05) is 13.1 Å². The fraction of sp³-hybridized carbons (Fsp3) is 1.00. The van der Waals surface area contributed by atoms with Crippen molar-refractivity contribution in [2.45, 2.75) is 57.1 Å². The number of nitrogens with one attached hydrogen (secondary N) is 2. The lowest BCUT2D eigenvalue weighted by Gasteiger charge is -2.30. The fourth-order valence-corrected chi connectivity index (χ4v) is 4.79. The normalized spacial score (nSPS) is 28.4. The van der Waals surface area contributed by atoms with E-state index in [4.69, 9.17) is 0 Å². The molecule has 1 unspecified atom stereocenters. The van der Waals surface area contributed by atoms with Gasteiger partial charge in [0.2, 0.25) is 10.0 Å². The van der Waals surface area contributed by atoms with Crippen molar-refractivity contribution < 1.29 is 8.42 Å². The van der Waals surface area contributed by atoms with Crippen LogP contribution >= 0.6 is 0 Å². The van der Waals surface area contributed by atoms with Gasteiger partial charge < -0.3 is 5.32 Å². The molecule has 1 saturated heterocycles. The monoisotopic (exact) mass is 274 g/mol. The molecule has 0 bridgehead atoms. The number of sulfonamides is 1. The molecule has 0 aromatic heterocycles. The van der Waals surface area contributed by atoms with Crippen molar-refractivity contribution in [1.82, 2.24) is 10.0 Å². The molecule has 0 spiro atoms. The zero-order valence-electron chi connectivity index (χ0n) is 11.4. The summed E-state index contributed by atoms with van der Waals surface area (Å²) in [5.74, 6) is 0. The van der Waals surface area contributed by atoms with Crippen LogP contribution in [0.3, 0.4) is 0 Å². The summed E-state index contributed by atoms with van der Waals surface area (Å²) in [6.45, 7) is 4.38. The average molecular weight is 274 g/mol. The first kappa shape index (κ1) is 14.3. The molecule has 1 saturated carbocycles. The summed E-state index contributed by atoms with van der Waals surface area (Å²) in [5.41, 5.74) is 0.231. The maximum absolute atomic E-state index is 12.2. The van der Waals surface area contributed by atoms with Crippen LogP contribution in [0.25, 0.3) is 0 Å². The number of hydrogen-bond acceptors (Lipinski definition) is 3. The zero-order valence-corrected chi connectivity index (χ0v) is 12.2. The van der Waals surface area contributed by atoms with Gasteiger partial charge in [0.25, 0.3) is 0 Å². The van der Waals surface area contributed by atoms with E-state index in [1.165, 1.54) is 25.7 Å². The van der Waals surface area contributed by atoms with Gasteiger partial charge in [0.1, 0.15) is 0 Å². The molecule has 2 fully saturated rings. The summed E-state index contributed by atoms with van der Waals surface area (Å²) in [6, 6.07) is 0. The molecule has 2 rings (SSSR count). The van der Waals surface area contributed by atoms with Gasteiger partial charge in [0.05, 0.1) is 5.25 Å². The van der Waals surface area contributed by atoms with Crippen LogP contribution in [0.2, 0.25) is 0 Å². The van der Waals surface area contributed by atoms with Crippen molar-refractivity contribution in [2.75, 3.05) is 19.6 Å². The minimum atomic E-state index is -3.13. The molecular formula is C13H26N2O2S. The summed E-state index contributed by atoms with van der Waals surface area (Å²) >= 11 is 0. The minimum absolute atomic E-state index is 0.231. The SMILES string of the molecule is CCC1(CNS(=O)(=O)C2CCCNC2)CCCC1. The summed E-state index contributed by atoms with van der Waals surface area (Å²) in [7, 11) is -3.13. The van der Waals surface area contributed by atoms with E-state index >= 15 is 0 Å². The largest absolute Gasteiger partial charge is 0.315 e. The quantitative estimate of drug-likeness (QED) is 0.801. The lowest BCUT2D eigenvalue weighted by Crippen LogP contribution is -2.46. The van der Waals surface area contributed by atoms with Crippen molar-refractivity contribution in [3.8, 4) is 0 Å². The van der Waals surface area contributed by atoms with Gasteiger partial charge >= 0.3 is 0 Å². The summed E-state index contributed by atoms with van der Waals surface area (Å²) in [6.07, 6.45) is 7.69. The second-order valence-corrected chi connectivity index (χ2v) is 7.94. The van der Waals surface area contributed by atoms with Gasteiger partial charge in [0.15, 0.2) is 0 Å². The van der Waals surface area contributed by atoms with Crippen LogP contribution in [0.1, 0.15) is 51.9 Å². The van der Waals surface area contributed by atoms with Gasteiger partial charge in [-0.1, -0.05) is 19.8 Å². The smallest absolute Gasteiger partial charge is 0.215 e. The van der Waals surface area contributed by atoms with Gasteiger partial charge in [-0.2, -0.15) is 0 Å². The summed E-state index contributed by atoms with van der Waals surface area (Å²) in [5, 5.41) is 2.94. The van der Waals surface area contributed by atoms with E-state index in [1.807, 2.05) is 0 Å². The van der Waals surface area contributed by atoms with Gasteiger partial charge in [-0.15, -0.1) is 0 Å². The highest BCUT2D eigenvalue weighted by Crippen LogP contribution is 2.40. The van der Waals surface area contributed by atoms with Gasteiger partial charge in [-0.05, 0) is 44.1 Å². The molecule has 1 atom stereocenters. The standard InChI is InChI=1S/C13H26N2O2S/c1-2-13(7-3-4-8-13)11-15-18(16,17)12-6-5-9-14-10-12/h12,14-15H,2-11H2,1H3. The molecule has 1 aliphatic heterocycles. The van der Waals surface area contributed by atoms with Gasteiger partial charge in [-0.3, -0.25) is 0 Å². The van der Waals surface area contributed by atoms with Crippen LogP contribution < -0.4 is 10.0 Å². The maximum atomic E-state index is 12.2. The summed E-state index contributed by atoms with van der Waals surface area (Å²) < 4.78 is 27.4. The van der Waals surface area contributed by atoms with Crippen LogP contribution in [0.4, 0.5) is 0 Å². The Morgan fingerprint density at radius 1 is 1.28 bits per heavy atom. The Bertz CT molecular complexity index is 355. The van der Waals surface area contributed by atoms with Crippen LogP contribution in [0.15, 0.2) is 0 Å². The van der Waals surface area contributed by atoms with Crippen molar-refractivity contribution in [1.29, 1.82) is 0 Å². The predicted molar refractivity (Wildman–Crippen MR) is 74.0 cm³/mol. The van der Waals surface area contributed by atoms with E-state index in [-0.39, 0.29) is 10.7 Å². The summed E-state index contributed by atoms with van der Waals surface area (Å²) in [4.78, 5) is 0. The van der Waals surface area contributed by atoms with Crippen LogP contribution in [0, 0.1) is 5.41 Å². The maximum Gasteiger partial charge on any atom is 0.215 e. The Labute approximate surface area is 111 Å². The predicted octanol–water partition coefficient (Wildman–Crippen LogP) is 1.63. The first-order valence-corrected chi connectivity index (χ1v) is 8.82. The van der Waals surface area contributed by atoms with Crippen molar-refractivity contribution in [3.05, 3.63) is 0 Å². The molecule has 0 radical (unpaired) electrons. The molecular weight excluding hydrogens is 248 g/mol. The average Bonchev–Trinajstić information content (AvgIpc) is 2.87. The van der Waals surface area contributed by atoms with E-state index < -0.39 is 10.0 Å². The third kappa shape index (κ3) is 3.25. The highest BCUT2D eigenvalue weighted by molar-refractivity contribution is 7.90. The van der Waals surface area contributed by atoms with Crippen molar-refractivity contribution in [2.24, 2.45) is 5.41 Å². The molecule has 18 heavy (non-hydrogen) atoms. The van der Waals surface area contributed by atoms with E-state index in [9.17, 15) is 8.42 Å². The minimum Gasteiger partial charge on any atom is -0.315 e. The van der Waals surface area contributed by atoms with E-state index in [0.717, 1.165) is 25.8 Å². The fourth-order valence-electron chi connectivity index (χ4n) is 3.24. The van der Waals surface area contributed by atoms with Crippen LogP contribution in [-0.4, -0.2) is 33.3 Å². The van der Waals surface area contributed by atoms with Crippen molar-refractivity contribution >= 4 is 10.0 Å². The topological polar surface area (TPSA) is 58.2 Å². The Morgan fingerprint density at radius 3 is 2.56 bits per heavy atom. The van der Waals surface area contributed by atoms with E-state index in [2.05, 4.69) is 17.0 Å². The van der Waals surface area contributed by atoms with Gasteiger partial charge in [-0.25, -0.2) is 13.1 Å². The van der Waals surface area contributed by atoms with E-state index in [1.54, 1.807) is 0 Å². The molecule has 0 aromatic rings. The highest BCUT2D eigenvalue weighted by atomic mass is 32.2. The highest BCUT2D eigenvalue weighted by Gasteiger charge is 2.35. The molecule has 2 aliphatic rings. The molecule has 0 aromatic carbocycles. The first-order chi connectivity index (χ1) is 8.58. The van der Waals surface area contributed by atoms with Crippen molar-refractivity contribution in [3.63, 3.8) is 0 Å². The second kappa shape index (κ2) is 5.88. The number of hydrogen-bond donors (Lipinski definition) is 2. The molecule has 4 nitrogen and oxygen atoms in total. The Kier molecular flexibility index (Phi) is 4.67. The third-order valence-corrected chi connectivity index (χ3v) is 6.58. The zero-order chi connectivity index (χ0) is 13.1. The lowest BCUT2D eigenvalue weighted by atomic mass is 9.84. The number of rotatable bonds is 5. The molecule has 5 heteroatoms. The third-order valence-electron chi connectivity index (χ3n) is 4.75. The van der Waals surface area contributed by atoms with Crippen LogP contribution in [0.5, 0.6) is 0 Å². The molecule has 1 heterocycles. The Morgan fingerprint density at radius 2 is 2.00 bits per heavy atom. The molecule has 106 valence electrons. The lowest BCUT2D eigenvalue weighted by molar-refractivity contribution is 0.285. The molecule has 0 amide bonds.